The van der Waals surface area contributed by atoms with Gasteiger partial charge in [-0.1, -0.05) is 37.3 Å². The number of halogens is 1. The van der Waals surface area contributed by atoms with Crippen LogP contribution in [0.4, 0.5) is 0 Å². The Morgan fingerprint density at radius 3 is 2.63 bits per heavy atom. The van der Waals surface area contributed by atoms with Gasteiger partial charge in [0, 0.05) is 18.3 Å². The summed E-state index contributed by atoms with van der Waals surface area (Å²) in [4.78, 5) is 0. The highest BCUT2D eigenvalue weighted by Gasteiger charge is 2.17. The molecule has 138 valence electrons. The molecule has 0 saturated heterocycles. The first-order valence-electron chi connectivity index (χ1n) is 8.52. The molecule has 0 bridgehead atoms. The molecule has 0 amide bonds. The van der Waals surface area contributed by atoms with E-state index in [1.807, 2.05) is 50.7 Å². The highest BCUT2D eigenvalue weighted by molar-refractivity contribution is 9.10. The van der Waals surface area contributed by atoms with Gasteiger partial charge in [0.05, 0.1) is 35.6 Å². The Balaban J connectivity index is 1.59. The van der Waals surface area contributed by atoms with Crippen LogP contribution in [-0.4, -0.2) is 34.3 Å². The van der Waals surface area contributed by atoms with Crippen LogP contribution in [0.2, 0.25) is 0 Å². The molecule has 27 heavy (non-hydrogen) atoms. The van der Waals surface area contributed by atoms with Gasteiger partial charge in [-0.3, -0.25) is 19.0 Å². The Morgan fingerprint density at radius 2 is 1.89 bits per heavy atom. The minimum absolute atomic E-state index is 0.113. The summed E-state index contributed by atoms with van der Waals surface area (Å²) >= 11 is 8.89. The van der Waals surface area contributed by atoms with E-state index in [9.17, 15) is 0 Å². The molecule has 4 rings (SSSR count). The van der Waals surface area contributed by atoms with E-state index in [-0.39, 0.29) is 5.92 Å². The van der Waals surface area contributed by atoms with E-state index in [0.29, 0.717) is 17.9 Å². The van der Waals surface area contributed by atoms with Crippen molar-refractivity contribution in [2.45, 2.75) is 25.9 Å². The lowest BCUT2D eigenvalue weighted by molar-refractivity contribution is 0.518. The first kappa shape index (κ1) is 17.9. The lowest BCUT2D eigenvalue weighted by Gasteiger charge is -2.12. The summed E-state index contributed by atoms with van der Waals surface area (Å²) in [5.41, 5.74) is 2.09. The van der Waals surface area contributed by atoms with Gasteiger partial charge in [-0.2, -0.15) is 15.3 Å². The molecule has 0 fully saturated rings. The molecule has 1 aromatic carbocycles. The third-order valence-electron chi connectivity index (χ3n) is 4.27. The molecule has 3 aromatic heterocycles. The SMILES string of the molecule is CC(Cn1cc(Br)cn1)c1n[nH]c(=S)n1-c1cnn(Cc2ccccc2)c1. The monoisotopic (exact) mass is 443 g/mol. The smallest absolute Gasteiger partial charge is 0.199 e. The number of nitrogens with zero attached hydrogens (tertiary/aromatic N) is 6. The molecule has 0 radical (unpaired) electrons. The summed E-state index contributed by atoms with van der Waals surface area (Å²) in [5, 5.41) is 16.2. The van der Waals surface area contributed by atoms with Gasteiger partial charge >= 0.3 is 0 Å². The zero-order chi connectivity index (χ0) is 18.8. The quantitative estimate of drug-likeness (QED) is 0.458. The van der Waals surface area contributed by atoms with Crippen LogP contribution in [0.5, 0.6) is 0 Å². The normalized spacial score (nSPS) is 12.4. The molecule has 0 aliphatic rings. The van der Waals surface area contributed by atoms with Crippen molar-refractivity contribution in [2.24, 2.45) is 0 Å². The molecule has 0 saturated carbocycles. The lowest BCUT2D eigenvalue weighted by Crippen LogP contribution is -2.12. The first-order valence-corrected chi connectivity index (χ1v) is 9.72. The molecular formula is C18H18BrN7S. The van der Waals surface area contributed by atoms with Crippen LogP contribution >= 0.6 is 28.1 Å². The Labute approximate surface area is 169 Å². The van der Waals surface area contributed by atoms with Gasteiger partial charge in [-0.15, -0.1) is 0 Å². The third-order valence-corrected chi connectivity index (χ3v) is 4.95. The molecule has 1 N–H and O–H groups in total. The van der Waals surface area contributed by atoms with Crippen LogP contribution in [0.1, 0.15) is 24.2 Å². The van der Waals surface area contributed by atoms with E-state index >= 15 is 0 Å². The Kier molecular flexibility index (Phi) is 5.04. The molecule has 0 spiro atoms. The molecule has 0 aliphatic carbocycles. The summed E-state index contributed by atoms with van der Waals surface area (Å²) in [6.45, 7) is 3.51. The van der Waals surface area contributed by atoms with Gasteiger partial charge in [-0.05, 0) is 33.7 Å². The maximum atomic E-state index is 5.46. The second-order valence-corrected chi connectivity index (χ2v) is 7.69. The largest absolute Gasteiger partial charge is 0.271 e. The maximum Gasteiger partial charge on any atom is 0.199 e. The summed E-state index contributed by atoms with van der Waals surface area (Å²) in [6, 6.07) is 10.2. The molecular weight excluding hydrogens is 426 g/mol. The van der Waals surface area contributed by atoms with Gasteiger partial charge in [0.15, 0.2) is 4.77 Å². The van der Waals surface area contributed by atoms with Gasteiger partial charge < -0.3 is 0 Å². The second-order valence-electron chi connectivity index (χ2n) is 6.39. The number of hydrogen-bond acceptors (Lipinski definition) is 4. The van der Waals surface area contributed by atoms with Gasteiger partial charge in [0.25, 0.3) is 0 Å². The number of aromatic nitrogens is 7. The van der Waals surface area contributed by atoms with Crippen molar-refractivity contribution in [1.82, 2.24) is 34.3 Å². The number of rotatable bonds is 6. The molecule has 1 atom stereocenters. The number of nitrogens with one attached hydrogen (secondary N) is 1. The van der Waals surface area contributed by atoms with Crippen molar-refractivity contribution in [3.63, 3.8) is 0 Å². The van der Waals surface area contributed by atoms with Crippen molar-refractivity contribution in [2.75, 3.05) is 0 Å². The van der Waals surface area contributed by atoms with Crippen LogP contribution in [0.3, 0.4) is 0 Å². The first-order chi connectivity index (χ1) is 13.1. The predicted molar refractivity (Wildman–Crippen MR) is 108 cm³/mol. The van der Waals surface area contributed by atoms with Crippen LogP contribution in [0.25, 0.3) is 5.69 Å². The summed E-state index contributed by atoms with van der Waals surface area (Å²) in [5.74, 6) is 0.966. The number of aromatic amines is 1. The van der Waals surface area contributed by atoms with E-state index in [4.69, 9.17) is 12.2 Å². The molecule has 3 heterocycles. The van der Waals surface area contributed by atoms with Crippen LogP contribution in [0.15, 0.2) is 59.6 Å². The number of H-pyrrole nitrogens is 1. The number of hydrogen-bond donors (Lipinski definition) is 1. The van der Waals surface area contributed by atoms with Crippen LogP contribution < -0.4 is 0 Å². The average molecular weight is 444 g/mol. The molecule has 0 aliphatic heterocycles. The molecule has 7 nitrogen and oxygen atoms in total. The zero-order valence-corrected chi connectivity index (χ0v) is 17.1. The van der Waals surface area contributed by atoms with Crippen LogP contribution in [-0.2, 0) is 13.1 Å². The fraction of sp³-hybridized carbons (Fsp3) is 0.222. The Morgan fingerprint density at radius 1 is 1.11 bits per heavy atom. The summed E-state index contributed by atoms with van der Waals surface area (Å²) < 4.78 is 7.23. The zero-order valence-electron chi connectivity index (χ0n) is 14.7. The van der Waals surface area contributed by atoms with E-state index in [2.05, 4.69) is 55.4 Å². The highest BCUT2D eigenvalue weighted by Crippen LogP contribution is 2.20. The van der Waals surface area contributed by atoms with Crippen molar-refractivity contribution >= 4 is 28.1 Å². The van der Waals surface area contributed by atoms with Crippen molar-refractivity contribution in [3.8, 4) is 5.69 Å². The lowest BCUT2D eigenvalue weighted by atomic mass is 10.1. The van der Waals surface area contributed by atoms with E-state index < -0.39 is 0 Å². The van der Waals surface area contributed by atoms with Crippen molar-refractivity contribution in [1.29, 1.82) is 0 Å². The Bertz CT molecular complexity index is 1090. The summed E-state index contributed by atoms with van der Waals surface area (Å²) in [6.07, 6.45) is 7.52. The third kappa shape index (κ3) is 3.93. The fourth-order valence-electron chi connectivity index (χ4n) is 3.01. The molecule has 4 aromatic rings. The predicted octanol–water partition coefficient (Wildman–Crippen LogP) is 3.94. The van der Waals surface area contributed by atoms with E-state index in [0.717, 1.165) is 16.0 Å². The van der Waals surface area contributed by atoms with Crippen molar-refractivity contribution < 1.29 is 0 Å². The van der Waals surface area contributed by atoms with E-state index in [1.54, 1.807) is 6.20 Å². The molecule has 1 unspecified atom stereocenters. The standard InChI is InChI=1S/C18H18BrN7S/c1-13(9-24-11-15(19)7-20-24)17-22-23-18(27)26(17)16-8-21-25(12-16)10-14-5-3-2-4-6-14/h2-8,11-13H,9-10H2,1H3,(H,23,27). The fourth-order valence-corrected chi connectivity index (χ4v) is 3.59. The van der Waals surface area contributed by atoms with Crippen LogP contribution in [0, 0.1) is 4.77 Å². The van der Waals surface area contributed by atoms with E-state index in [1.165, 1.54) is 5.56 Å². The van der Waals surface area contributed by atoms with Gasteiger partial charge in [-0.25, -0.2) is 0 Å². The number of benzene rings is 1. The summed E-state index contributed by atoms with van der Waals surface area (Å²) in [7, 11) is 0. The maximum absolute atomic E-state index is 5.46. The highest BCUT2D eigenvalue weighted by atomic mass is 79.9. The Hall–Kier alpha value is -2.52. The van der Waals surface area contributed by atoms with Crippen molar-refractivity contribution in [3.05, 3.63) is 75.8 Å². The molecule has 9 heteroatoms. The minimum Gasteiger partial charge on any atom is -0.271 e. The average Bonchev–Trinajstić information content (AvgIpc) is 3.36. The second kappa shape index (κ2) is 7.61. The van der Waals surface area contributed by atoms with Gasteiger partial charge in [0.1, 0.15) is 5.82 Å². The topological polar surface area (TPSA) is 69.2 Å². The van der Waals surface area contributed by atoms with Gasteiger partial charge in [0.2, 0.25) is 0 Å². The minimum atomic E-state index is 0.113.